The van der Waals surface area contributed by atoms with Crippen LogP contribution in [0.3, 0.4) is 0 Å². The fraction of sp³-hybridized carbons (Fsp3) is 0.875. The highest BCUT2D eigenvalue weighted by molar-refractivity contribution is 8.00. The second-order valence-electron chi connectivity index (χ2n) is 7.41. The summed E-state index contributed by atoms with van der Waals surface area (Å²) in [5, 5.41) is 3.34. The van der Waals surface area contributed by atoms with Gasteiger partial charge in [-0.2, -0.15) is 11.8 Å². The summed E-state index contributed by atoms with van der Waals surface area (Å²) >= 11 is 2.00. The lowest BCUT2D eigenvalue weighted by molar-refractivity contribution is 0.0302. The maximum absolute atomic E-state index is 11.9. The van der Waals surface area contributed by atoms with E-state index in [2.05, 4.69) is 29.1 Å². The molecule has 1 rings (SSSR count). The van der Waals surface area contributed by atoms with Gasteiger partial charge < -0.3 is 19.9 Å². The summed E-state index contributed by atoms with van der Waals surface area (Å²) in [7, 11) is 3.55. The third-order valence-electron chi connectivity index (χ3n) is 3.37. The Kier molecular flexibility index (Phi) is 7.04. The van der Waals surface area contributed by atoms with E-state index < -0.39 is 5.60 Å². The number of rotatable bonds is 3. The van der Waals surface area contributed by atoms with Crippen LogP contribution in [0.15, 0.2) is 4.99 Å². The summed E-state index contributed by atoms with van der Waals surface area (Å²) in [6.45, 7) is 13.3. The van der Waals surface area contributed by atoms with Crippen molar-refractivity contribution in [1.82, 2.24) is 15.1 Å². The van der Waals surface area contributed by atoms with Gasteiger partial charge in [0.15, 0.2) is 5.96 Å². The van der Waals surface area contributed by atoms with Gasteiger partial charge in [0.05, 0.1) is 0 Å². The third kappa shape index (κ3) is 7.33. The molecular weight excluding hydrogens is 312 g/mol. The molecule has 7 heteroatoms. The summed E-state index contributed by atoms with van der Waals surface area (Å²) in [5.74, 6) is 2.00. The fourth-order valence-electron chi connectivity index (χ4n) is 2.30. The average molecular weight is 345 g/mol. The predicted molar refractivity (Wildman–Crippen MR) is 98.3 cm³/mol. The van der Waals surface area contributed by atoms with E-state index in [1.54, 1.807) is 19.0 Å². The van der Waals surface area contributed by atoms with Gasteiger partial charge in [-0.25, -0.2) is 4.79 Å². The second-order valence-corrected chi connectivity index (χ2v) is 9.21. The SMILES string of the molecule is CN=C(NCCN(C)C(=O)OC(C)(C)C)N1CCSC(C)(C)C1. The van der Waals surface area contributed by atoms with Crippen LogP contribution in [0.2, 0.25) is 0 Å². The molecule has 0 radical (unpaired) electrons. The molecule has 0 atom stereocenters. The Bertz CT molecular complexity index is 432. The summed E-state index contributed by atoms with van der Waals surface area (Å²) < 4.78 is 5.58. The van der Waals surface area contributed by atoms with Crippen molar-refractivity contribution in [2.75, 3.05) is 46.0 Å². The smallest absolute Gasteiger partial charge is 0.410 e. The van der Waals surface area contributed by atoms with Gasteiger partial charge in [0, 0.05) is 50.8 Å². The molecule has 0 spiro atoms. The molecule has 0 unspecified atom stereocenters. The lowest BCUT2D eigenvalue weighted by Gasteiger charge is -2.39. The Morgan fingerprint density at radius 2 is 2.09 bits per heavy atom. The Morgan fingerprint density at radius 1 is 1.43 bits per heavy atom. The highest BCUT2D eigenvalue weighted by atomic mass is 32.2. The molecule has 1 fully saturated rings. The molecule has 0 aromatic carbocycles. The molecule has 0 aromatic rings. The maximum atomic E-state index is 11.9. The number of thioether (sulfide) groups is 1. The predicted octanol–water partition coefficient (Wildman–Crippen LogP) is 2.26. The zero-order valence-corrected chi connectivity index (χ0v) is 16.4. The van der Waals surface area contributed by atoms with Crippen molar-refractivity contribution in [3.63, 3.8) is 0 Å². The first-order chi connectivity index (χ1) is 10.5. The van der Waals surface area contributed by atoms with E-state index in [1.165, 1.54) is 0 Å². The molecule has 1 amide bonds. The Balaban J connectivity index is 2.42. The molecule has 1 aliphatic rings. The van der Waals surface area contributed by atoms with E-state index in [9.17, 15) is 4.79 Å². The van der Waals surface area contributed by atoms with Crippen LogP contribution in [0.5, 0.6) is 0 Å². The summed E-state index contributed by atoms with van der Waals surface area (Å²) in [5.41, 5.74) is -0.466. The van der Waals surface area contributed by atoms with Crippen molar-refractivity contribution in [3.8, 4) is 0 Å². The van der Waals surface area contributed by atoms with Gasteiger partial charge in [0.1, 0.15) is 5.60 Å². The molecule has 1 aliphatic heterocycles. The molecule has 1 saturated heterocycles. The topological polar surface area (TPSA) is 57.2 Å². The number of guanidine groups is 1. The van der Waals surface area contributed by atoms with Crippen molar-refractivity contribution in [2.45, 2.75) is 45.0 Å². The average Bonchev–Trinajstić information content (AvgIpc) is 2.40. The molecule has 134 valence electrons. The molecular formula is C16H32N4O2S. The van der Waals surface area contributed by atoms with E-state index in [-0.39, 0.29) is 10.8 Å². The molecule has 0 aliphatic carbocycles. The first-order valence-electron chi connectivity index (χ1n) is 8.08. The molecule has 1 heterocycles. The van der Waals surface area contributed by atoms with Crippen LogP contribution in [0.25, 0.3) is 0 Å². The number of carbonyl (C=O) groups is 1. The lowest BCUT2D eigenvalue weighted by atomic mass is 10.2. The van der Waals surface area contributed by atoms with Gasteiger partial charge in [-0.15, -0.1) is 0 Å². The number of hydrogen-bond donors (Lipinski definition) is 1. The molecule has 23 heavy (non-hydrogen) atoms. The van der Waals surface area contributed by atoms with Crippen LogP contribution in [0.4, 0.5) is 4.79 Å². The zero-order valence-electron chi connectivity index (χ0n) is 15.6. The number of likely N-dealkylation sites (N-methyl/N-ethyl adjacent to an activating group) is 1. The van der Waals surface area contributed by atoms with Crippen LogP contribution in [-0.4, -0.2) is 78.2 Å². The minimum atomic E-state index is -0.466. The van der Waals surface area contributed by atoms with Gasteiger partial charge in [0.25, 0.3) is 0 Å². The number of ether oxygens (including phenoxy) is 1. The second kappa shape index (κ2) is 8.13. The highest BCUT2D eigenvalue weighted by Crippen LogP contribution is 2.29. The van der Waals surface area contributed by atoms with Crippen LogP contribution < -0.4 is 5.32 Å². The number of nitrogens with zero attached hydrogens (tertiary/aromatic N) is 3. The van der Waals surface area contributed by atoms with Crippen LogP contribution in [0, 0.1) is 0 Å². The Hall–Kier alpha value is -1.11. The van der Waals surface area contributed by atoms with Crippen LogP contribution in [0.1, 0.15) is 34.6 Å². The largest absolute Gasteiger partial charge is 0.444 e. The van der Waals surface area contributed by atoms with E-state index in [0.29, 0.717) is 13.1 Å². The van der Waals surface area contributed by atoms with E-state index in [1.807, 2.05) is 32.5 Å². The van der Waals surface area contributed by atoms with Crippen LogP contribution in [-0.2, 0) is 4.74 Å². The van der Waals surface area contributed by atoms with Crippen LogP contribution >= 0.6 is 11.8 Å². The molecule has 0 bridgehead atoms. The van der Waals surface area contributed by atoms with Crippen molar-refractivity contribution in [2.24, 2.45) is 4.99 Å². The zero-order chi connectivity index (χ0) is 17.7. The minimum Gasteiger partial charge on any atom is -0.444 e. The number of amides is 1. The maximum Gasteiger partial charge on any atom is 0.410 e. The van der Waals surface area contributed by atoms with Crippen molar-refractivity contribution in [3.05, 3.63) is 0 Å². The number of carbonyl (C=O) groups excluding carboxylic acids is 1. The molecule has 6 nitrogen and oxygen atoms in total. The Labute approximate surface area is 145 Å². The summed E-state index contributed by atoms with van der Waals surface area (Å²) in [4.78, 5) is 20.2. The Morgan fingerprint density at radius 3 is 2.61 bits per heavy atom. The standard InChI is InChI=1S/C16H32N4O2S/c1-15(2,3)22-14(21)19(7)9-8-18-13(17-6)20-10-11-23-16(4,5)12-20/h8-12H2,1-7H3,(H,17,18). The normalized spacial score (nSPS) is 18.6. The van der Waals surface area contributed by atoms with Crippen molar-refractivity contribution >= 4 is 23.8 Å². The number of nitrogens with one attached hydrogen (secondary N) is 1. The number of hydrogen-bond acceptors (Lipinski definition) is 4. The van der Waals surface area contributed by atoms with E-state index in [4.69, 9.17) is 4.74 Å². The third-order valence-corrected chi connectivity index (χ3v) is 4.67. The van der Waals surface area contributed by atoms with Gasteiger partial charge in [0.2, 0.25) is 0 Å². The summed E-state index contributed by atoms with van der Waals surface area (Å²) in [6, 6.07) is 0. The monoisotopic (exact) mass is 344 g/mol. The first-order valence-corrected chi connectivity index (χ1v) is 9.06. The molecule has 0 saturated carbocycles. The van der Waals surface area contributed by atoms with Crippen molar-refractivity contribution in [1.29, 1.82) is 0 Å². The van der Waals surface area contributed by atoms with E-state index >= 15 is 0 Å². The highest BCUT2D eigenvalue weighted by Gasteiger charge is 2.28. The molecule has 1 N–H and O–H groups in total. The van der Waals surface area contributed by atoms with Gasteiger partial charge >= 0.3 is 6.09 Å². The van der Waals surface area contributed by atoms with Gasteiger partial charge in [-0.05, 0) is 34.6 Å². The quantitative estimate of drug-likeness (QED) is 0.629. The van der Waals surface area contributed by atoms with E-state index in [0.717, 1.165) is 24.8 Å². The molecule has 0 aromatic heterocycles. The fourth-order valence-corrected chi connectivity index (χ4v) is 3.41. The van der Waals surface area contributed by atoms with Gasteiger partial charge in [-0.1, -0.05) is 0 Å². The number of aliphatic imine (C=N–C) groups is 1. The summed E-state index contributed by atoms with van der Waals surface area (Å²) in [6.07, 6.45) is -0.301. The minimum absolute atomic E-state index is 0.239. The first kappa shape index (κ1) is 19.9. The van der Waals surface area contributed by atoms with Crippen molar-refractivity contribution < 1.29 is 9.53 Å². The lowest BCUT2D eigenvalue weighted by Crippen LogP contribution is -2.52. The van der Waals surface area contributed by atoms with Gasteiger partial charge in [-0.3, -0.25) is 4.99 Å².